The van der Waals surface area contributed by atoms with Crippen LogP contribution in [0.1, 0.15) is 59.1 Å². The number of aromatic carboxylic acids is 1. The molecule has 10 heteroatoms. The molecule has 2 aliphatic rings. The highest BCUT2D eigenvalue weighted by Gasteiger charge is 2.37. The molecule has 0 unspecified atom stereocenters. The fourth-order valence-corrected chi connectivity index (χ4v) is 6.45. The number of benzene rings is 1. The summed E-state index contributed by atoms with van der Waals surface area (Å²) in [6.07, 6.45) is 2.58. The zero-order valence-electron chi connectivity index (χ0n) is 21.4. The third kappa shape index (κ3) is 4.58. The standard InChI is InChI=1S/C29H26FN3O5S/c1-29(2)15-32(28(37)38-14-16-6-4-3-5-7-16)12-17-10-22(39-25(17)29)23-21(30)11-19-24(34)20(27(35)36)13-33(18-8-9-18)26(19)31-23/h3-7,10-11,13,18H,8-9,12,14-15H2,1-2H3,(H,35,36). The Labute approximate surface area is 227 Å². The van der Waals surface area contributed by atoms with Gasteiger partial charge in [0.25, 0.3) is 0 Å². The van der Waals surface area contributed by atoms with Gasteiger partial charge in [-0.3, -0.25) is 4.79 Å². The number of amides is 1. The number of rotatable bonds is 5. The third-order valence-electron chi connectivity index (χ3n) is 7.20. The third-order valence-corrected chi connectivity index (χ3v) is 8.75. The van der Waals surface area contributed by atoms with Crippen LogP contribution in [0.5, 0.6) is 0 Å². The molecule has 0 bridgehead atoms. The number of halogens is 1. The van der Waals surface area contributed by atoms with Crippen LogP contribution in [-0.2, 0) is 23.3 Å². The Balaban J connectivity index is 1.35. The zero-order chi connectivity index (χ0) is 27.5. The normalized spacial score (nSPS) is 16.2. The van der Waals surface area contributed by atoms with Gasteiger partial charge in [0, 0.05) is 29.1 Å². The number of hydrogen-bond acceptors (Lipinski definition) is 6. The van der Waals surface area contributed by atoms with E-state index in [0.29, 0.717) is 18.0 Å². The van der Waals surface area contributed by atoms with Crippen LogP contribution >= 0.6 is 11.3 Å². The molecule has 0 spiro atoms. The van der Waals surface area contributed by atoms with Crippen LogP contribution in [0.15, 0.2) is 53.5 Å². The molecule has 8 nitrogen and oxygen atoms in total. The van der Waals surface area contributed by atoms with Gasteiger partial charge in [-0.25, -0.2) is 19.0 Å². The first-order chi connectivity index (χ1) is 18.6. The summed E-state index contributed by atoms with van der Waals surface area (Å²) in [5.41, 5.74) is 0.638. The molecule has 1 N–H and O–H groups in total. The summed E-state index contributed by atoms with van der Waals surface area (Å²) in [5.74, 6) is -2.04. The van der Waals surface area contributed by atoms with Crippen LogP contribution in [0, 0.1) is 5.82 Å². The average Bonchev–Trinajstić information content (AvgIpc) is 3.65. The second-order valence-electron chi connectivity index (χ2n) is 10.8. The second kappa shape index (κ2) is 9.30. The number of carboxylic acid groups (broad SMARTS) is 1. The van der Waals surface area contributed by atoms with Gasteiger partial charge in [0.1, 0.15) is 23.5 Å². The molecule has 0 saturated heterocycles. The van der Waals surface area contributed by atoms with Crippen molar-refractivity contribution in [1.82, 2.24) is 14.5 Å². The van der Waals surface area contributed by atoms with Crippen LogP contribution in [0.2, 0.25) is 0 Å². The van der Waals surface area contributed by atoms with E-state index in [-0.39, 0.29) is 29.4 Å². The Morgan fingerprint density at radius 3 is 2.64 bits per heavy atom. The number of carbonyl (C=O) groups excluding carboxylic acids is 1. The van der Waals surface area contributed by atoms with Crippen molar-refractivity contribution in [1.29, 1.82) is 0 Å². The number of ether oxygens (including phenoxy) is 1. The summed E-state index contributed by atoms with van der Waals surface area (Å²) in [6, 6.07) is 12.5. The van der Waals surface area contributed by atoms with Gasteiger partial charge in [0.2, 0.25) is 5.43 Å². The Kier molecular flexibility index (Phi) is 6.02. The first-order valence-corrected chi connectivity index (χ1v) is 13.5. The number of carboxylic acids is 1. The molecule has 200 valence electrons. The summed E-state index contributed by atoms with van der Waals surface area (Å²) in [7, 11) is 0. The predicted molar refractivity (Wildman–Crippen MR) is 145 cm³/mol. The van der Waals surface area contributed by atoms with Crippen LogP contribution in [0.3, 0.4) is 0 Å². The fourth-order valence-electron chi connectivity index (χ4n) is 5.19. The van der Waals surface area contributed by atoms with Gasteiger partial charge < -0.3 is 19.3 Å². The lowest BCUT2D eigenvalue weighted by atomic mass is 9.85. The van der Waals surface area contributed by atoms with Crippen LogP contribution in [0.4, 0.5) is 9.18 Å². The quantitative estimate of drug-likeness (QED) is 0.343. The lowest BCUT2D eigenvalue weighted by molar-refractivity contribution is 0.0694. The zero-order valence-corrected chi connectivity index (χ0v) is 22.3. The number of carbonyl (C=O) groups is 2. The van der Waals surface area contributed by atoms with Gasteiger partial charge in [0.15, 0.2) is 5.82 Å². The lowest BCUT2D eigenvalue weighted by Crippen LogP contribution is -2.44. The number of hydrogen-bond donors (Lipinski definition) is 1. The number of aromatic nitrogens is 2. The van der Waals surface area contributed by atoms with E-state index in [4.69, 9.17) is 4.74 Å². The van der Waals surface area contributed by atoms with E-state index in [2.05, 4.69) is 4.98 Å². The molecule has 1 amide bonds. The number of pyridine rings is 2. The predicted octanol–water partition coefficient (Wildman–Crippen LogP) is 5.73. The highest BCUT2D eigenvalue weighted by molar-refractivity contribution is 7.15. The number of nitrogens with zero attached hydrogens (tertiary/aromatic N) is 3. The lowest BCUT2D eigenvalue weighted by Gasteiger charge is -2.37. The summed E-state index contributed by atoms with van der Waals surface area (Å²) >= 11 is 1.42. The Morgan fingerprint density at radius 2 is 1.95 bits per heavy atom. The summed E-state index contributed by atoms with van der Waals surface area (Å²) < 4.78 is 22.7. The Hall–Kier alpha value is -4.05. The first kappa shape index (κ1) is 25.2. The molecule has 1 aliphatic heterocycles. The molecular weight excluding hydrogens is 521 g/mol. The average molecular weight is 548 g/mol. The van der Waals surface area contributed by atoms with E-state index >= 15 is 4.39 Å². The Bertz CT molecular complexity index is 1690. The molecule has 1 aromatic carbocycles. The van der Waals surface area contributed by atoms with Crippen molar-refractivity contribution in [2.75, 3.05) is 6.54 Å². The largest absolute Gasteiger partial charge is 0.477 e. The first-order valence-electron chi connectivity index (χ1n) is 12.7. The van der Waals surface area contributed by atoms with Crippen molar-refractivity contribution < 1.29 is 23.8 Å². The van der Waals surface area contributed by atoms with Crippen molar-refractivity contribution in [3.05, 3.63) is 86.3 Å². The van der Waals surface area contributed by atoms with Gasteiger partial charge in [-0.2, -0.15) is 0 Å². The maximum Gasteiger partial charge on any atom is 0.410 e. The molecular formula is C29H26FN3O5S. The van der Waals surface area contributed by atoms with Gasteiger partial charge >= 0.3 is 12.1 Å². The monoisotopic (exact) mass is 547 g/mol. The van der Waals surface area contributed by atoms with E-state index in [0.717, 1.165) is 34.9 Å². The summed E-state index contributed by atoms with van der Waals surface area (Å²) in [5, 5.41) is 9.44. The maximum absolute atomic E-state index is 15.5. The van der Waals surface area contributed by atoms with Gasteiger partial charge in [0.05, 0.1) is 16.8 Å². The molecule has 6 rings (SSSR count). The molecule has 0 atom stereocenters. The van der Waals surface area contributed by atoms with E-state index in [1.54, 1.807) is 9.47 Å². The van der Waals surface area contributed by atoms with E-state index < -0.39 is 34.3 Å². The van der Waals surface area contributed by atoms with Crippen LogP contribution in [-0.4, -0.2) is 38.2 Å². The molecule has 1 aliphatic carbocycles. The van der Waals surface area contributed by atoms with Gasteiger partial charge in [-0.15, -0.1) is 11.3 Å². The molecule has 39 heavy (non-hydrogen) atoms. The maximum atomic E-state index is 15.5. The van der Waals surface area contributed by atoms with Crippen LogP contribution in [0.25, 0.3) is 21.6 Å². The van der Waals surface area contributed by atoms with Crippen molar-refractivity contribution in [3.8, 4) is 10.6 Å². The molecule has 1 saturated carbocycles. The van der Waals surface area contributed by atoms with Crippen molar-refractivity contribution in [3.63, 3.8) is 0 Å². The van der Waals surface area contributed by atoms with E-state index in [9.17, 15) is 19.5 Å². The number of thiophene rings is 1. The van der Waals surface area contributed by atoms with Crippen LogP contribution < -0.4 is 5.43 Å². The smallest absolute Gasteiger partial charge is 0.410 e. The minimum atomic E-state index is -1.35. The summed E-state index contributed by atoms with van der Waals surface area (Å²) in [6.45, 7) is 5.01. The van der Waals surface area contributed by atoms with E-state index in [1.165, 1.54) is 17.5 Å². The molecule has 3 aromatic heterocycles. The number of fused-ring (bicyclic) bond motifs is 2. The SMILES string of the molecule is CC1(C)CN(C(=O)OCc2ccccc2)Cc2cc(-c3nc4c(cc3F)c(=O)c(C(=O)O)cn4C3CC3)sc21. The molecule has 1 fully saturated rings. The minimum Gasteiger partial charge on any atom is -0.477 e. The van der Waals surface area contributed by atoms with Gasteiger partial charge in [-0.05, 0) is 36.1 Å². The van der Waals surface area contributed by atoms with Gasteiger partial charge in [-0.1, -0.05) is 44.2 Å². The molecule has 0 radical (unpaired) electrons. The topological polar surface area (TPSA) is 102 Å². The van der Waals surface area contributed by atoms with Crippen molar-refractivity contribution in [2.24, 2.45) is 0 Å². The van der Waals surface area contributed by atoms with Crippen molar-refractivity contribution in [2.45, 2.75) is 51.3 Å². The second-order valence-corrected chi connectivity index (χ2v) is 11.8. The van der Waals surface area contributed by atoms with E-state index in [1.807, 2.05) is 50.2 Å². The highest BCUT2D eigenvalue weighted by Crippen LogP contribution is 2.43. The fraction of sp³-hybridized carbons (Fsp3) is 0.310. The summed E-state index contributed by atoms with van der Waals surface area (Å²) in [4.78, 5) is 45.2. The minimum absolute atomic E-state index is 0.0305. The molecule has 4 heterocycles. The Morgan fingerprint density at radius 1 is 1.21 bits per heavy atom. The molecule has 4 aromatic rings. The highest BCUT2D eigenvalue weighted by atomic mass is 32.1. The van der Waals surface area contributed by atoms with Crippen molar-refractivity contribution >= 4 is 34.4 Å².